The van der Waals surface area contributed by atoms with Crippen molar-refractivity contribution in [3.05, 3.63) is 63.0 Å². The lowest BCUT2D eigenvalue weighted by atomic mass is 10.2. The molecule has 0 atom stereocenters. The van der Waals surface area contributed by atoms with E-state index in [0.717, 1.165) is 29.8 Å². The summed E-state index contributed by atoms with van der Waals surface area (Å²) >= 11 is 3.69. The quantitative estimate of drug-likeness (QED) is 0.343. The summed E-state index contributed by atoms with van der Waals surface area (Å²) in [6, 6.07) is 15.3. The molecule has 0 aliphatic rings. The topological polar surface area (TPSA) is 51.2 Å². The highest BCUT2D eigenvalue weighted by atomic mass is 127. The number of halogens is 1. The van der Waals surface area contributed by atoms with Crippen LogP contribution in [0.25, 0.3) is 11.3 Å². The van der Waals surface area contributed by atoms with Crippen LogP contribution in [-0.4, -0.2) is 17.5 Å². The summed E-state index contributed by atoms with van der Waals surface area (Å²) in [7, 11) is 0. The number of amides is 1. The fourth-order valence-corrected chi connectivity index (χ4v) is 3.36. The summed E-state index contributed by atoms with van der Waals surface area (Å²) in [6.45, 7) is 2.82. The van der Waals surface area contributed by atoms with Gasteiger partial charge >= 0.3 is 0 Å². The Kier molecular flexibility index (Phi) is 6.62. The van der Waals surface area contributed by atoms with Gasteiger partial charge in [0.1, 0.15) is 5.75 Å². The lowest BCUT2D eigenvalue weighted by molar-refractivity contribution is 0.102. The van der Waals surface area contributed by atoms with Crippen LogP contribution in [0.1, 0.15) is 30.1 Å². The smallest absolute Gasteiger partial charge is 0.257 e. The fourth-order valence-electron chi connectivity index (χ4n) is 2.29. The van der Waals surface area contributed by atoms with E-state index in [2.05, 4.69) is 39.8 Å². The highest BCUT2D eigenvalue weighted by Crippen LogP contribution is 2.26. The number of nitrogens with zero attached hydrogens (tertiary/aromatic N) is 1. The number of nitrogens with one attached hydrogen (secondary N) is 1. The molecule has 1 N–H and O–H groups in total. The van der Waals surface area contributed by atoms with Crippen LogP contribution in [-0.2, 0) is 0 Å². The van der Waals surface area contributed by atoms with Crippen molar-refractivity contribution < 1.29 is 9.53 Å². The predicted molar refractivity (Wildman–Crippen MR) is 115 cm³/mol. The molecule has 1 amide bonds. The summed E-state index contributed by atoms with van der Waals surface area (Å²) in [5.74, 6) is 0.610. The number of unbranched alkanes of at least 4 members (excludes halogenated alkanes) is 1. The number of anilines is 1. The SMILES string of the molecule is CCCCOc1ccc(C(=O)Nc2nc(-c3ccc(I)cc3)cs2)cc1. The van der Waals surface area contributed by atoms with Gasteiger partial charge in [0.2, 0.25) is 0 Å². The summed E-state index contributed by atoms with van der Waals surface area (Å²) < 4.78 is 6.80. The van der Waals surface area contributed by atoms with Crippen molar-refractivity contribution in [3.8, 4) is 17.0 Å². The molecule has 0 saturated carbocycles. The van der Waals surface area contributed by atoms with E-state index in [9.17, 15) is 4.79 Å². The van der Waals surface area contributed by atoms with Gasteiger partial charge in [0.15, 0.2) is 5.13 Å². The first-order chi connectivity index (χ1) is 12.7. The minimum atomic E-state index is -0.173. The van der Waals surface area contributed by atoms with Gasteiger partial charge in [-0.05, 0) is 65.4 Å². The number of rotatable bonds is 7. The van der Waals surface area contributed by atoms with Crippen molar-refractivity contribution in [2.24, 2.45) is 0 Å². The van der Waals surface area contributed by atoms with E-state index in [1.165, 1.54) is 14.9 Å². The fraction of sp³-hybridized carbons (Fsp3) is 0.200. The second-order valence-corrected chi connectivity index (χ2v) is 7.83. The van der Waals surface area contributed by atoms with Gasteiger partial charge in [-0.3, -0.25) is 10.1 Å². The van der Waals surface area contributed by atoms with Crippen LogP contribution in [0.5, 0.6) is 5.75 Å². The Morgan fingerprint density at radius 2 is 1.88 bits per heavy atom. The van der Waals surface area contributed by atoms with Crippen molar-refractivity contribution in [1.29, 1.82) is 0 Å². The molecule has 26 heavy (non-hydrogen) atoms. The average Bonchev–Trinajstić information content (AvgIpc) is 3.11. The van der Waals surface area contributed by atoms with E-state index in [0.29, 0.717) is 17.3 Å². The Bertz CT molecular complexity index is 860. The normalized spacial score (nSPS) is 10.5. The molecule has 0 saturated heterocycles. The molecular weight excluding hydrogens is 459 g/mol. The van der Waals surface area contributed by atoms with Crippen LogP contribution in [0, 0.1) is 3.57 Å². The van der Waals surface area contributed by atoms with Gasteiger partial charge in [-0.15, -0.1) is 11.3 Å². The molecule has 0 aliphatic heterocycles. The molecule has 0 aliphatic carbocycles. The molecule has 0 unspecified atom stereocenters. The van der Waals surface area contributed by atoms with E-state index >= 15 is 0 Å². The average molecular weight is 478 g/mol. The van der Waals surface area contributed by atoms with Gasteiger partial charge in [0.25, 0.3) is 5.91 Å². The first-order valence-corrected chi connectivity index (χ1v) is 10.4. The van der Waals surface area contributed by atoms with Crippen LogP contribution in [0.3, 0.4) is 0 Å². The highest BCUT2D eigenvalue weighted by Gasteiger charge is 2.10. The van der Waals surface area contributed by atoms with Gasteiger partial charge < -0.3 is 4.74 Å². The Hall–Kier alpha value is -1.93. The van der Waals surface area contributed by atoms with Gasteiger partial charge in [0, 0.05) is 20.1 Å². The molecule has 0 fully saturated rings. The highest BCUT2D eigenvalue weighted by molar-refractivity contribution is 14.1. The van der Waals surface area contributed by atoms with E-state index in [-0.39, 0.29) is 5.91 Å². The zero-order chi connectivity index (χ0) is 18.4. The lowest BCUT2D eigenvalue weighted by Crippen LogP contribution is -2.11. The van der Waals surface area contributed by atoms with Crippen LogP contribution in [0.4, 0.5) is 5.13 Å². The molecular formula is C20H19IN2O2S. The number of carbonyl (C=O) groups excluding carboxylic acids is 1. The Labute approximate surface area is 170 Å². The molecule has 3 aromatic rings. The Morgan fingerprint density at radius 1 is 1.15 bits per heavy atom. The molecule has 3 rings (SSSR count). The molecule has 0 bridgehead atoms. The molecule has 4 nitrogen and oxygen atoms in total. The van der Waals surface area contributed by atoms with Gasteiger partial charge in [-0.1, -0.05) is 25.5 Å². The number of benzene rings is 2. The first kappa shape index (κ1) is 18.8. The third-order valence-corrected chi connectivity index (χ3v) is 5.22. The van der Waals surface area contributed by atoms with Gasteiger partial charge in [-0.25, -0.2) is 4.98 Å². The number of carbonyl (C=O) groups is 1. The summed E-state index contributed by atoms with van der Waals surface area (Å²) in [6.07, 6.45) is 2.12. The molecule has 2 aromatic carbocycles. The maximum atomic E-state index is 12.4. The van der Waals surface area contributed by atoms with Crippen LogP contribution in [0.2, 0.25) is 0 Å². The minimum Gasteiger partial charge on any atom is -0.494 e. The monoisotopic (exact) mass is 478 g/mol. The van der Waals surface area contributed by atoms with E-state index in [1.807, 2.05) is 41.8 Å². The summed E-state index contributed by atoms with van der Waals surface area (Å²) in [5, 5.41) is 5.39. The second kappa shape index (κ2) is 9.14. The van der Waals surface area contributed by atoms with E-state index in [4.69, 9.17) is 4.74 Å². The Balaban J connectivity index is 1.62. The standard InChI is InChI=1S/C20H19IN2O2S/c1-2-3-12-25-17-10-6-15(7-11-17)19(24)23-20-22-18(13-26-20)14-4-8-16(21)9-5-14/h4-11,13H,2-3,12H2,1H3,(H,22,23,24). The molecule has 6 heteroatoms. The zero-order valence-corrected chi connectivity index (χ0v) is 17.3. The maximum Gasteiger partial charge on any atom is 0.257 e. The third-order valence-electron chi connectivity index (χ3n) is 3.75. The number of thiazole rings is 1. The maximum absolute atomic E-state index is 12.4. The second-order valence-electron chi connectivity index (χ2n) is 5.73. The number of ether oxygens (including phenoxy) is 1. The summed E-state index contributed by atoms with van der Waals surface area (Å²) in [4.78, 5) is 16.9. The van der Waals surface area contributed by atoms with Crippen molar-refractivity contribution in [2.45, 2.75) is 19.8 Å². The van der Waals surface area contributed by atoms with Gasteiger partial charge in [-0.2, -0.15) is 0 Å². The van der Waals surface area contributed by atoms with Crippen molar-refractivity contribution in [3.63, 3.8) is 0 Å². The van der Waals surface area contributed by atoms with Crippen LogP contribution >= 0.6 is 33.9 Å². The number of aromatic nitrogens is 1. The zero-order valence-electron chi connectivity index (χ0n) is 14.4. The van der Waals surface area contributed by atoms with Crippen molar-refractivity contribution in [2.75, 3.05) is 11.9 Å². The summed E-state index contributed by atoms with van der Waals surface area (Å²) in [5.41, 5.74) is 2.48. The third kappa shape index (κ3) is 5.04. The van der Waals surface area contributed by atoms with Gasteiger partial charge in [0.05, 0.1) is 12.3 Å². The molecule has 0 radical (unpaired) electrons. The van der Waals surface area contributed by atoms with Crippen molar-refractivity contribution >= 4 is 45.0 Å². The Morgan fingerprint density at radius 3 is 2.58 bits per heavy atom. The van der Waals surface area contributed by atoms with E-state index < -0.39 is 0 Å². The molecule has 134 valence electrons. The van der Waals surface area contributed by atoms with Crippen LogP contribution < -0.4 is 10.1 Å². The van der Waals surface area contributed by atoms with Crippen molar-refractivity contribution in [1.82, 2.24) is 4.98 Å². The van der Waals surface area contributed by atoms with E-state index in [1.54, 1.807) is 12.1 Å². The predicted octanol–water partition coefficient (Wildman–Crippen LogP) is 5.85. The largest absolute Gasteiger partial charge is 0.494 e. The molecule has 1 aromatic heterocycles. The minimum absolute atomic E-state index is 0.173. The molecule has 0 spiro atoms. The van der Waals surface area contributed by atoms with Crippen LogP contribution in [0.15, 0.2) is 53.9 Å². The molecule has 1 heterocycles. The number of hydrogen-bond donors (Lipinski definition) is 1. The number of hydrogen-bond acceptors (Lipinski definition) is 4. The lowest BCUT2D eigenvalue weighted by Gasteiger charge is -2.06. The first-order valence-electron chi connectivity index (χ1n) is 8.41.